The Kier molecular flexibility index (Phi) is 7.31. The standard InChI is InChI=1S/C18H12F5N3O3S.Na/c1-10(27)25-30(28,29)13-6-7-15(14(20)8-13)26-16(9-17(24-26)18(21,22)23)11-2-4-12(19)5-3-11;/h2-9H,1H3,(H,25,27);/q;+1/p-1. The summed E-state index contributed by atoms with van der Waals surface area (Å²) in [7, 11) is -4.48. The van der Waals surface area contributed by atoms with Crippen molar-refractivity contribution in [2.24, 2.45) is 0 Å². The molecule has 0 fully saturated rings. The molecular formula is C18H11F5N3NaO3S. The molecular weight excluding hydrogens is 456 g/mol. The molecule has 1 amide bonds. The fourth-order valence-electron chi connectivity index (χ4n) is 2.57. The van der Waals surface area contributed by atoms with Gasteiger partial charge in [-0.25, -0.2) is 21.9 Å². The fourth-order valence-corrected chi connectivity index (χ4v) is 3.51. The second-order valence-corrected chi connectivity index (χ2v) is 7.63. The molecule has 0 saturated heterocycles. The van der Waals surface area contributed by atoms with Crippen molar-refractivity contribution in [3.8, 4) is 16.9 Å². The van der Waals surface area contributed by atoms with Crippen molar-refractivity contribution < 1.29 is 64.7 Å². The van der Waals surface area contributed by atoms with E-state index in [2.05, 4.69) is 9.82 Å². The third-order valence-corrected chi connectivity index (χ3v) is 5.18. The number of hydrogen-bond donors (Lipinski definition) is 0. The maximum absolute atomic E-state index is 14.7. The molecule has 6 nitrogen and oxygen atoms in total. The molecule has 0 aliphatic rings. The van der Waals surface area contributed by atoms with Crippen LogP contribution in [0.25, 0.3) is 21.7 Å². The number of carbonyl (C=O) groups excluding carboxylic acids is 1. The van der Waals surface area contributed by atoms with E-state index in [1.165, 1.54) is 12.1 Å². The Labute approximate surface area is 195 Å². The number of sulfonamides is 1. The van der Waals surface area contributed by atoms with Gasteiger partial charge in [-0.15, -0.1) is 0 Å². The monoisotopic (exact) mass is 467 g/mol. The van der Waals surface area contributed by atoms with Crippen molar-refractivity contribution in [1.82, 2.24) is 9.78 Å². The summed E-state index contributed by atoms with van der Waals surface area (Å²) in [5.41, 5.74) is -1.91. The van der Waals surface area contributed by atoms with Gasteiger partial charge < -0.3 is 9.52 Å². The summed E-state index contributed by atoms with van der Waals surface area (Å²) in [6, 6.07) is 7.33. The minimum atomic E-state index is -4.85. The first-order valence-electron chi connectivity index (χ1n) is 8.10. The zero-order valence-electron chi connectivity index (χ0n) is 16.0. The molecule has 0 unspecified atom stereocenters. The predicted octanol–water partition coefficient (Wildman–Crippen LogP) is 1.45. The molecule has 2 aromatic carbocycles. The number of hydrogen-bond acceptors (Lipinski definition) is 4. The van der Waals surface area contributed by atoms with Gasteiger partial charge in [0.05, 0.1) is 16.5 Å². The third kappa shape index (κ3) is 5.50. The topological polar surface area (TPSA) is 83.1 Å². The molecule has 0 aliphatic carbocycles. The zero-order chi connectivity index (χ0) is 22.3. The van der Waals surface area contributed by atoms with Crippen LogP contribution < -0.4 is 29.6 Å². The van der Waals surface area contributed by atoms with E-state index in [1.807, 2.05) is 0 Å². The quantitative estimate of drug-likeness (QED) is 0.430. The summed E-state index contributed by atoms with van der Waals surface area (Å²) >= 11 is 0. The Balaban J connectivity index is 0.00000341. The van der Waals surface area contributed by atoms with Crippen LogP contribution in [0, 0.1) is 11.6 Å². The van der Waals surface area contributed by atoms with E-state index in [0.717, 1.165) is 31.2 Å². The van der Waals surface area contributed by atoms with Crippen LogP contribution in [-0.4, -0.2) is 24.1 Å². The molecule has 0 aliphatic heterocycles. The van der Waals surface area contributed by atoms with E-state index >= 15 is 0 Å². The SMILES string of the molecule is CC(=O)[N-]S(=O)(=O)c1ccc(-n2nc(C(F)(F)F)cc2-c2ccc(F)cc2)c(F)c1.[Na+]. The second-order valence-electron chi connectivity index (χ2n) is 6.03. The molecule has 13 heteroatoms. The van der Waals surface area contributed by atoms with Crippen LogP contribution in [-0.2, 0) is 21.0 Å². The normalized spacial score (nSPS) is 11.7. The number of halogens is 5. The average molecular weight is 467 g/mol. The van der Waals surface area contributed by atoms with Crippen molar-refractivity contribution in [2.45, 2.75) is 18.0 Å². The molecule has 31 heavy (non-hydrogen) atoms. The zero-order valence-corrected chi connectivity index (χ0v) is 18.8. The first-order valence-corrected chi connectivity index (χ1v) is 9.54. The van der Waals surface area contributed by atoms with E-state index in [1.54, 1.807) is 0 Å². The van der Waals surface area contributed by atoms with E-state index in [0.29, 0.717) is 16.8 Å². The second kappa shape index (κ2) is 9.07. The number of amides is 1. The molecule has 1 aromatic heterocycles. The molecule has 158 valence electrons. The predicted molar refractivity (Wildman–Crippen MR) is 95.1 cm³/mol. The number of nitrogens with zero attached hydrogens (tertiary/aromatic N) is 3. The molecule has 0 N–H and O–H groups in total. The van der Waals surface area contributed by atoms with Crippen molar-refractivity contribution in [3.63, 3.8) is 0 Å². The molecule has 0 radical (unpaired) electrons. The smallest absolute Gasteiger partial charge is 0.542 e. The van der Waals surface area contributed by atoms with E-state index < -0.39 is 50.0 Å². The molecule has 0 atom stereocenters. The number of carbonyl (C=O) groups is 1. The molecule has 0 saturated carbocycles. The van der Waals surface area contributed by atoms with Crippen molar-refractivity contribution in [1.29, 1.82) is 0 Å². The number of aromatic nitrogens is 2. The molecule has 0 spiro atoms. The number of alkyl halides is 3. The third-order valence-electron chi connectivity index (χ3n) is 3.83. The largest absolute Gasteiger partial charge is 1.00 e. The van der Waals surface area contributed by atoms with Crippen LogP contribution in [0.5, 0.6) is 0 Å². The van der Waals surface area contributed by atoms with E-state index in [9.17, 15) is 35.2 Å². The van der Waals surface area contributed by atoms with Gasteiger partial charge in [-0.2, -0.15) is 18.3 Å². The Morgan fingerprint density at radius 3 is 2.16 bits per heavy atom. The van der Waals surface area contributed by atoms with Crippen molar-refractivity contribution in [2.75, 3.05) is 0 Å². The van der Waals surface area contributed by atoms with E-state index in [-0.39, 0.29) is 40.8 Å². The van der Waals surface area contributed by atoms with Gasteiger partial charge >= 0.3 is 35.7 Å². The van der Waals surface area contributed by atoms with Gasteiger partial charge in [-0.1, -0.05) is 0 Å². The molecule has 0 bridgehead atoms. The van der Waals surface area contributed by atoms with Gasteiger partial charge in [0, 0.05) is 5.56 Å². The Morgan fingerprint density at radius 2 is 1.65 bits per heavy atom. The molecule has 1 heterocycles. The van der Waals surface area contributed by atoms with Gasteiger partial charge in [0.25, 0.3) is 0 Å². The van der Waals surface area contributed by atoms with Gasteiger partial charge in [-0.05, 0) is 55.5 Å². The average Bonchev–Trinajstić information content (AvgIpc) is 3.06. The number of rotatable bonds is 4. The first-order chi connectivity index (χ1) is 13.9. The minimum Gasteiger partial charge on any atom is -0.542 e. The molecule has 3 rings (SSSR count). The van der Waals surface area contributed by atoms with Crippen LogP contribution in [0.1, 0.15) is 12.6 Å². The minimum absolute atomic E-state index is 0. The molecule has 3 aromatic rings. The fraction of sp³-hybridized carbons (Fsp3) is 0.111. The summed E-state index contributed by atoms with van der Waals surface area (Å²) in [6.45, 7) is 0.889. The Morgan fingerprint density at radius 1 is 1.03 bits per heavy atom. The van der Waals surface area contributed by atoms with Gasteiger partial charge in [0.1, 0.15) is 27.3 Å². The summed E-state index contributed by atoms with van der Waals surface area (Å²) in [6.07, 6.45) is -4.85. The van der Waals surface area contributed by atoms with Crippen molar-refractivity contribution in [3.05, 3.63) is 70.6 Å². The summed E-state index contributed by atoms with van der Waals surface area (Å²) in [4.78, 5) is 10.3. The van der Waals surface area contributed by atoms with Gasteiger partial charge in [0.15, 0.2) is 5.69 Å². The number of benzene rings is 2. The van der Waals surface area contributed by atoms with Crippen LogP contribution in [0.2, 0.25) is 0 Å². The van der Waals surface area contributed by atoms with Gasteiger partial charge in [-0.3, -0.25) is 0 Å². The maximum Gasteiger partial charge on any atom is 1.00 e. The van der Waals surface area contributed by atoms with Crippen molar-refractivity contribution >= 4 is 15.9 Å². The maximum atomic E-state index is 14.7. The Bertz CT molecular complexity index is 1230. The van der Waals surface area contributed by atoms with Crippen LogP contribution >= 0.6 is 0 Å². The summed E-state index contributed by atoms with van der Waals surface area (Å²) < 4.78 is 94.7. The van der Waals surface area contributed by atoms with E-state index in [4.69, 9.17) is 0 Å². The summed E-state index contributed by atoms with van der Waals surface area (Å²) in [5.74, 6) is -2.88. The van der Waals surface area contributed by atoms with Crippen LogP contribution in [0.3, 0.4) is 0 Å². The summed E-state index contributed by atoms with van der Waals surface area (Å²) in [5, 5.41) is 3.38. The first kappa shape index (κ1) is 25.0. The van der Waals surface area contributed by atoms with Gasteiger partial charge in [0.2, 0.25) is 0 Å². The Hall–Kier alpha value is -2.28. The van der Waals surface area contributed by atoms with Crippen LogP contribution in [0.4, 0.5) is 22.0 Å². The van der Waals surface area contributed by atoms with Crippen LogP contribution in [0.15, 0.2) is 53.4 Å².